The summed E-state index contributed by atoms with van der Waals surface area (Å²) in [5, 5.41) is 11.0. The fourth-order valence-corrected chi connectivity index (χ4v) is 3.22. The summed E-state index contributed by atoms with van der Waals surface area (Å²) in [5.74, 6) is -0.172. The van der Waals surface area contributed by atoms with Crippen LogP contribution in [0.5, 0.6) is 0 Å². The molecule has 2 atom stereocenters. The zero-order valence-electron chi connectivity index (χ0n) is 13.7. The van der Waals surface area contributed by atoms with Crippen LogP contribution in [0.2, 0.25) is 5.02 Å². The van der Waals surface area contributed by atoms with Gasteiger partial charge in [0, 0.05) is 49.4 Å². The van der Waals surface area contributed by atoms with Crippen molar-refractivity contribution in [3.8, 4) is 0 Å². The van der Waals surface area contributed by atoms with Gasteiger partial charge in [-0.1, -0.05) is 29.8 Å². The lowest BCUT2D eigenvalue weighted by Crippen LogP contribution is -2.53. The lowest BCUT2D eigenvalue weighted by atomic mass is 10.1. The van der Waals surface area contributed by atoms with Gasteiger partial charge in [-0.3, -0.25) is 14.6 Å². The van der Waals surface area contributed by atoms with Crippen LogP contribution in [-0.4, -0.2) is 66.8 Å². The van der Waals surface area contributed by atoms with E-state index in [1.807, 2.05) is 18.2 Å². The molecule has 23 heavy (non-hydrogen) atoms. The monoisotopic (exact) mass is 340 g/mol. The maximum absolute atomic E-state index is 11.2. The molecule has 0 amide bonds. The van der Waals surface area contributed by atoms with Crippen LogP contribution >= 0.6 is 11.6 Å². The van der Waals surface area contributed by atoms with Crippen molar-refractivity contribution < 1.29 is 14.6 Å². The van der Waals surface area contributed by atoms with Crippen LogP contribution in [0.1, 0.15) is 25.0 Å². The van der Waals surface area contributed by atoms with Gasteiger partial charge in [0.05, 0.1) is 19.6 Å². The van der Waals surface area contributed by atoms with E-state index in [1.54, 1.807) is 6.07 Å². The molecule has 2 unspecified atom stereocenters. The molecule has 0 bridgehead atoms. The number of hydrogen-bond acceptors (Lipinski definition) is 5. The summed E-state index contributed by atoms with van der Waals surface area (Å²) in [4.78, 5) is 15.8. The topological polar surface area (TPSA) is 53.0 Å². The molecule has 1 aromatic rings. The van der Waals surface area contributed by atoms with Gasteiger partial charge in [0.25, 0.3) is 0 Å². The van der Waals surface area contributed by atoms with E-state index in [2.05, 4.69) is 21.5 Å². The van der Waals surface area contributed by atoms with E-state index in [0.29, 0.717) is 24.0 Å². The van der Waals surface area contributed by atoms with E-state index in [1.165, 1.54) is 7.11 Å². The molecule has 1 fully saturated rings. The highest BCUT2D eigenvalue weighted by atomic mass is 35.5. The molecule has 0 aliphatic carbocycles. The molecule has 1 heterocycles. The fourth-order valence-electron chi connectivity index (χ4n) is 2.96. The summed E-state index contributed by atoms with van der Waals surface area (Å²) in [5.41, 5.74) is 0.773. The smallest absolute Gasteiger partial charge is 0.306 e. The molecule has 1 aliphatic heterocycles. The zero-order valence-corrected chi connectivity index (χ0v) is 14.5. The number of hydrogen-bond donors (Lipinski definition) is 1. The predicted octanol–water partition coefficient (Wildman–Crippen LogP) is 1.94. The lowest BCUT2D eigenvalue weighted by molar-refractivity contribution is -0.141. The van der Waals surface area contributed by atoms with Crippen molar-refractivity contribution in [2.75, 3.05) is 39.8 Å². The zero-order chi connectivity index (χ0) is 16.8. The van der Waals surface area contributed by atoms with Crippen LogP contribution in [0.4, 0.5) is 0 Å². The predicted molar refractivity (Wildman–Crippen MR) is 90.5 cm³/mol. The van der Waals surface area contributed by atoms with E-state index in [-0.39, 0.29) is 5.97 Å². The fraction of sp³-hybridized carbons (Fsp3) is 0.588. The first-order chi connectivity index (χ1) is 11.0. The number of aliphatic hydroxyl groups is 1. The molecule has 1 aromatic carbocycles. The Labute approximate surface area is 142 Å². The molecule has 0 aromatic heterocycles. The SMILES string of the molecule is COC(=O)CCN1CCN(CC(O)c2ccccc2Cl)C(C)C1. The summed E-state index contributed by atoms with van der Waals surface area (Å²) < 4.78 is 4.68. The maximum atomic E-state index is 11.2. The van der Waals surface area contributed by atoms with Crippen molar-refractivity contribution in [1.29, 1.82) is 0 Å². The van der Waals surface area contributed by atoms with Crippen LogP contribution in [0.15, 0.2) is 24.3 Å². The molecule has 0 spiro atoms. The number of carbonyl (C=O) groups is 1. The van der Waals surface area contributed by atoms with Gasteiger partial charge in [0.1, 0.15) is 0 Å². The highest BCUT2D eigenvalue weighted by Crippen LogP contribution is 2.24. The summed E-state index contributed by atoms with van der Waals surface area (Å²) in [6, 6.07) is 7.73. The quantitative estimate of drug-likeness (QED) is 0.802. The second kappa shape index (κ2) is 8.64. The number of rotatable bonds is 6. The number of benzene rings is 1. The third-order valence-electron chi connectivity index (χ3n) is 4.38. The lowest BCUT2D eigenvalue weighted by Gasteiger charge is -2.40. The third-order valence-corrected chi connectivity index (χ3v) is 4.72. The van der Waals surface area contributed by atoms with Crippen molar-refractivity contribution in [1.82, 2.24) is 9.80 Å². The van der Waals surface area contributed by atoms with Crippen molar-refractivity contribution in [3.05, 3.63) is 34.9 Å². The Hall–Kier alpha value is -1.14. The second-order valence-electron chi connectivity index (χ2n) is 6.01. The van der Waals surface area contributed by atoms with Crippen LogP contribution < -0.4 is 0 Å². The van der Waals surface area contributed by atoms with Gasteiger partial charge in [-0.15, -0.1) is 0 Å². The Balaban J connectivity index is 1.84. The highest BCUT2D eigenvalue weighted by molar-refractivity contribution is 6.31. The van der Waals surface area contributed by atoms with Gasteiger partial charge in [0.15, 0.2) is 0 Å². The Morgan fingerprint density at radius 3 is 2.83 bits per heavy atom. The molecule has 128 valence electrons. The number of methoxy groups -OCH3 is 1. The maximum Gasteiger partial charge on any atom is 0.306 e. The van der Waals surface area contributed by atoms with Crippen LogP contribution in [-0.2, 0) is 9.53 Å². The van der Waals surface area contributed by atoms with Gasteiger partial charge < -0.3 is 9.84 Å². The first kappa shape index (κ1) is 18.2. The van der Waals surface area contributed by atoms with Crippen LogP contribution in [0.25, 0.3) is 0 Å². The van der Waals surface area contributed by atoms with Crippen molar-refractivity contribution >= 4 is 17.6 Å². The summed E-state index contributed by atoms with van der Waals surface area (Å²) in [6.45, 7) is 6.06. The van der Waals surface area contributed by atoms with Crippen molar-refractivity contribution in [2.45, 2.75) is 25.5 Å². The number of piperazine rings is 1. The van der Waals surface area contributed by atoms with Gasteiger partial charge in [0.2, 0.25) is 0 Å². The van der Waals surface area contributed by atoms with Gasteiger partial charge in [-0.05, 0) is 13.0 Å². The minimum Gasteiger partial charge on any atom is -0.469 e. The molecule has 2 rings (SSSR count). The summed E-state index contributed by atoms with van der Waals surface area (Å²) in [6.07, 6.45) is -0.168. The van der Waals surface area contributed by atoms with E-state index >= 15 is 0 Å². The molecule has 0 radical (unpaired) electrons. The highest BCUT2D eigenvalue weighted by Gasteiger charge is 2.26. The van der Waals surface area contributed by atoms with Crippen LogP contribution in [0, 0.1) is 0 Å². The largest absolute Gasteiger partial charge is 0.469 e. The molecular formula is C17H25ClN2O3. The minimum atomic E-state index is -0.590. The van der Waals surface area contributed by atoms with Crippen molar-refractivity contribution in [2.24, 2.45) is 0 Å². The van der Waals surface area contributed by atoms with E-state index in [4.69, 9.17) is 11.6 Å². The van der Waals surface area contributed by atoms with Gasteiger partial charge in [-0.2, -0.15) is 0 Å². The molecule has 1 N–H and O–H groups in total. The number of nitrogens with zero attached hydrogens (tertiary/aromatic N) is 2. The number of ether oxygens (including phenoxy) is 1. The number of carbonyl (C=O) groups excluding carboxylic acids is 1. The number of esters is 1. The first-order valence-electron chi connectivity index (χ1n) is 7.97. The van der Waals surface area contributed by atoms with Gasteiger partial charge in [-0.25, -0.2) is 0 Å². The average Bonchev–Trinajstić information content (AvgIpc) is 2.55. The first-order valence-corrected chi connectivity index (χ1v) is 8.34. The van der Waals surface area contributed by atoms with E-state index < -0.39 is 6.10 Å². The summed E-state index contributed by atoms with van der Waals surface area (Å²) in [7, 11) is 1.42. The van der Waals surface area contributed by atoms with E-state index in [9.17, 15) is 9.90 Å². The Morgan fingerprint density at radius 1 is 1.43 bits per heavy atom. The Kier molecular flexibility index (Phi) is 6.84. The summed E-state index contributed by atoms with van der Waals surface area (Å²) >= 11 is 6.15. The van der Waals surface area contributed by atoms with E-state index in [0.717, 1.165) is 31.7 Å². The Bertz CT molecular complexity index is 526. The third kappa shape index (κ3) is 5.18. The molecule has 5 nitrogen and oxygen atoms in total. The van der Waals surface area contributed by atoms with Gasteiger partial charge >= 0.3 is 5.97 Å². The number of halogens is 1. The minimum absolute atomic E-state index is 0.172. The van der Waals surface area contributed by atoms with Crippen LogP contribution in [0.3, 0.4) is 0 Å². The van der Waals surface area contributed by atoms with Crippen molar-refractivity contribution in [3.63, 3.8) is 0 Å². The second-order valence-corrected chi connectivity index (χ2v) is 6.42. The molecule has 1 aliphatic rings. The Morgan fingerprint density at radius 2 is 2.17 bits per heavy atom. The average molecular weight is 341 g/mol. The molecule has 0 saturated carbocycles. The number of β-amino-alcohol motifs (C(OH)–C–C–N with tert-alkyl or cyclic N) is 1. The molecular weight excluding hydrogens is 316 g/mol. The number of aliphatic hydroxyl groups excluding tert-OH is 1. The molecule has 1 saturated heterocycles. The molecule has 6 heteroatoms. The standard InChI is InChI=1S/C17H25ClN2O3/c1-13-11-19(8-7-17(22)23-2)9-10-20(13)12-16(21)14-5-3-4-6-15(14)18/h3-6,13,16,21H,7-12H2,1-2H3. The normalized spacial score (nSPS) is 21.1.